The molecule has 2 unspecified atom stereocenters. The molecular formula is C8H17NOS2. The predicted octanol–water partition coefficient (Wildman–Crippen LogP) is 1.20. The van der Waals surface area contributed by atoms with E-state index < -0.39 is 0 Å². The summed E-state index contributed by atoms with van der Waals surface area (Å²) < 4.78 is 5.30. The van der Waals surface area contributed by atoms with Crippen molar-refractivity contribution in [3.8, 4) is 0 Å². The Bertz CT molecular complexity index is 118. The summed E-state index contributed by atoms with van der Waals surface area (Å²) in [6.07, 6.45) is 0. The number of hydrogen-bond acceptors (Lipinski definition) is 4. The third-order valence-corrected chi connectivity index (χ3v) is 4.77. The molecule has 1 aliphatic rings. The van der Waals surface area contributed by atoms with Crippen molar-refractivity contribution in [2.75, 3.05) is 30.5 Å². The Balaban J connectivity index is 2.15. The molecule has 1 rings (SSSR count). The van der Waals surface area contributed by atoms with Gasteiger partial charge in [0.1, 0.15) is 0 Å². The molecule has 1 aliphatic heterocycles. The maximum absolute atomic E-state index is 5.98. The van der Waals surface area contributed by atoms with Gasteiger partial charge in [-0.05, 0) is 6.92 Å². The number of thioether (sulfide) groups is 2. The molecule has 0 aromatic rings. The summed E-state index contributed by atoms with van der Waals surface area (Å²) in [6.45, 7) is 3.50. The maximum atomic E-state index is 5.98. The van der Waals surface area contributed by atoms with Crippen molar-refractivity contribution >= 4 is 23.5 Å². The average molecular weight is 207 g/mol. The number of rotatable bonds is 4. The molecular weight excluding hydrogens is 190 g/mol. The fraction of sp³-hybridized carbons (Fsp3) is 1.00. The number of hydrogen-bond donors (Lipinski definition) is 1. The molecule has 1 saturated heterocycles. The summed E-state index contributed by atoms with van der Waals surface area (Å²) in [5.41, 5.74) is 5.98. The van der Waals surface area contributed by atoms with Gasteiger partial charge in [0, 0.05) is 35.2 Å². The van der Waals surface area contributed by atoms with Gasteiger partial charge >= 0.3 is 0 Å². The number of nitrogens with two attached hydrogens (primary N) is 1. The number of ether oxygens (including phenoxy) is 1. The van der Waals surface area contributed by atoms with Crippen molar-refractivity contribution in [3.63, 3.8) is 0 Å². The van der Waals surface area contributed by atoms with E-state index in [2.05, 4.69) is 0 Å². The lowest BCUT2D eigenvalue weighted by Gasteiger charge is -2.26. The topological polar surface area (TPSA) is 35.2 Å². The minimum absolute atomic E-state index is 0.225. The highest BCUT2D eigenvalue weighted by atomic mass is 32.2. The lowest BCUT2D eigenvalue weighted by Crippen LogP contribution is -2.40. The van der Waals surface area contributed by atoms with Gasteiger partial charge in [0.25, 0.3) is 0 Å². The van der Waals surface area contributed by atoms with Crippen molar-refractivity contribution in [2.45, 2.75) is 18.2 Å². The zero-order chi connectivity index (χ0) is 8.81. The molecule has 2 atom stereocenters. The molecule has 0 bridgehead atoms. The van der Waals surface area contributed by atoms with E-state index in [1.807, 2.05) is 30.4 Å². The van der Waals surface area contributed by atoms with Gasteiger partial charge in [0.2, 0.25) is 0 Å². The van der Waals surface area contributed by atoms with E-state index in [0.717, 1.165) is 6.61 Å². The van der Waals surface area contributed by atoms with Crippen molar-refractivity contribution in [3.05, 3.63) is 0 Å². The Labute approximate surface area is 83.0 Å². The molecule has 0 amide bonds. The molecule has 0 aromatic heterocycles. The molecule has 2 N–H and O–H groups in total. The van der Waals surface area contributed by atoms with Crippen LogP contribution in [-0.4, -0.2) is 41.8 Å². The quantitative estimate of drug-likeness (QED) is 0.751. The van der Waals surface area contributed by atoms with Gasteiger partial charge in [-0.2, -0.15) is 23.5 Å². The van der Waals surface area contributed by atoms with Crippen molar-refractivity contribution < 1.29 is 4.74 Å². The zero-order valence-electron chi connectivity index (χ0n) is 7.49. The lowest BCUT2D eigenvalue weighted by molar-refractivity contribution is 0.133. The van der Waals surface area contributed by atoms with E-state index in [9.17, 15) is 0 Å². The standard InChI is InChI=1S/C8H17NOS2/c1-2-10-5-7(9)8-6-11-3-4-12-8/h7-8H,2-6,9H2,1H3. The summed E-state index contributed by atoms with van der Waals surface area (Å²) in [5.74, 6) is 3.72. The SMILES string of the molecule is CCOCC(N)C1CSCCS1. The Morgan fingerprint density at radius 1 is 1.58 bits per heavy atom. The molecule has 0 radical (unpaired) electrons. The van der Waals surface area contributed by atoms with Crippen LogP contribution in [0.3, 0.4) is 0 Å². The second-order valence-electron chi connectivity index (χ2n) is 2.81. The van der Waals surface area contributed by atoms with E-state index in [-0.39, 0.29) is 6.04 Å². The maximum Gasteiger partial charge on any atom is 0.0628 e. The van der Waals surface area contributed by atoms with Gasteiger partial charge in [0.05, 0.1) is 6.61 Å². The first kappa shape index (κ1) is 10.7. The minimum Gasteiger partial charge on any atom is -0.380 e. The summed E-state index contributed by atoms with van der Waals surface area (Å²) in [5, 5.41) is 0.607. The van der Waals surface area contributed by atoms with Gasteiger partial charge in [-0.1, -0.05) is 0 Å². The molecule has 0 aliphatic carbocycles. The summed E-state index contributed by atoms with van der Waals surface area (Å²) >= 11 is 4.00. The minimum atomic E-state index is 0.225. The Kier molecular flexibility index (Phi) is 5.47. The van der Waals surface area contributed by atoms with Crippen molar-refractivity contribution in [1.29, 1.82) is 0 Å². The molecule has 1 fully saturated rings. The highest BCUT2D eigenvalue weighted by Crippen LogP contribution is 2.25. The van der Waals surface area contributed by atoms with Crippen LogP contribution in [-0.2, 0) is 4.74 Å². The van der Waals surface area contributed by atoms with Crippen LogP contribution < -0.4 is 5.73 Å². The van der Waals surface area contributed by atoms with Crippen LogP contribution in [0.1, 0.15) is 6.92 Å². The second kappa shape index (κ2) is 6.13. The zero-order valence-corrected chi connectivity index (χ0v) is 9.13. The fourth-order valence-corrected chi connectivity index (χ4v) is 3.92. The van der Waals surface area contributed by atoms with Crippen LogP contribution in [0.2, 0.25) is 0 Å². The van der Waals surface area contributed by atoms with Gasteiger partial charge < -0.3 is 10.5 Å². The Morgan fingerprint density at radius 2 is 2.42 bits per heavy atom. The summed E-state index contributed by atoms with van der Waals surface area (Å²) in [7, 11) is 0. The van der Waals surface area contributed by atoms with E-state index >= 15 is 0 Å². The Morgan fingerprint density at radius 3 is 3.00 bits per heavy atom. The first-order valence-electron chi connectivity index (χ1n) is 4.37. The van der Waals surface area contributed by atoms with Gasteiger partial charge in [-0.3, -0.25) is 0 Å². The normalized spacial score (nSPS) is 27.0. The molecule has 1 heterocycles. The van der Waals surface area contributed by atoms with E-state index in [4.69, 9.17) is 10.5 Å². The molecule has 2 nitrogen and oxygen atoms in total. The molecule has 0 saturated carbocycles. The second-order valence-corrected chi connectivity index (χ2v) is 5.30. The molecule has 0 spiro atoms. The van der Waals surface area contributed by atoms with Crippen LogP contribution in [0.15, 0.2) is 0 Å². The summed E-state index contributed by atoms with van der Waals surface area (Å²) in [4.78, 5) is 0. The largest absolute Gasteiger partial charge is 0.380 e. The first-order valence-corrected chi connectivity index (χ1v) is 6.57. The molecule has 12 heavy (non-hydrogen) atoms. The van der Waals surface area contributed by atoms with Gasteiger partial charge in [-0.25, -0.2) is 0 Å². The monoisotopic (exact) mass is 207 g/mol. The van der Waals surface area contributed by atoms with E-state index in [1.54, 1.807) is 0 Å². The van der Waals surface area contributed by atoms with Crippen LogP contribution >= 0.6 is 23.5 Å². The fourth-order valence-electron chi connectivity index (χ4n) is 1.11. The third kappa shape index (κ3) is 3.56. The van der Waals surface area contributed by atoms with E-state index in [1.165, 1.54) is 17.3 Å². The predicted molar refractivity (Wildman–Crippen MR) is 58.0 cm³/mol. The molecule has 72 valence electrons. The highest BCUT2D eigenvalue weighted by molar-refractivity contribution is 8.06. The van der Waals surface area contributed by atoms with Crippen molar-refractivity contribution in [1.82, 2.24) is 0 Å². The Hall–Kier alpha value is 0.620. The van der Waals surface area contributed by atoms with Crippen molar-refractivity contribution in [2.24, 2.45) is 5.73 Å². The van der Waals surface area contributed by atoms with Crippen LogP contribution in [0.4, 0.5) is 0 Å². The van der Waals surface area contributed by atoms with Crippen LogP contribution in [0, 0.1) is 0 Å². The smallest absolute Gasteiger partial charge is 0.0628 e. The van der Waals surface area contributed by atoms with Gasteiger partial charge in [-0.15, -0.1) is 0 Å². The average Bonchev–Trinajstić information content (AvgIpc) is 2.15. The first-order chi connectivity index (χ1) is 5.84. The van der Waals surface area contributed by atoms with Gasteiger partial charge in [0.15, 0.2) is 0 Å². The molecule has 4 heteroatoms. The lowest BCUT2D eigenvalue weighted by atomic mass is 10.2. The third-order valence-electron chi connectivity index (χ3n) is 1.83. The molecule has 0 aromatic carbocycles. The van der Waals surface area contributed by atoms with Crippen LogP contribution in [0.5, 0.6) is 0 Å². The van der Waals surface area contributed by atoms with E-state index in [0.29, 0.717) is 11.9 Å². The highest BCUT2D eigenvalue weighted by Gasteiger charge is 2.21. The van der Waals surface area contributed by atoms with Crippen LogP contribution in [0.25, 0.3) is 0 Å². The summed E-state index contributed by atoms with van der Waals surface area (Å²) in [6, 6.07) is 0.225.